The molecule has 0 fully saturated rings. The topological polar surface area (TPSA) is 79.5 Å². The van der Waals surface area contributed by atoms with E-state index in [4.69, 9.17) is 14.7 Å². The van der Waals surface area contributed by atoms with Crippen LogP contribution < -0.4 is 4.74 Å². The van der Waals surface area contributed by atoms with Gasteiger partial charge in [0.2, 0.25) is 0 Å². The fourth-order valence-corrected chi connectivity index (χ4v) is 1.22. The molecule has 0 radical (unpaired) electrons. The molecule has 0 atom stereocenters. The van der Waals surface area contributed by atoms with Crippen LogP contribution in [0.1, 0.15) is 22.8 Å². The molecule has 0 aliphatic heterocycles. The molecule has 1 rings (SSSR count). The number of nitrogens with zero attached hydrogens (tertiary/aromatic N) is 1. The quantitative estimate of drug-likeness (QED) is 0.781. The van der Waals surface area contributed by atoms with Gasteiger partial charge in [0.05, 0.1) is 13.7 Å². The van der Waals surface area contributed by atoms with Crippen LogP contribution in [0.2, 0.25) is 0 Å². The number of methoxy groups -OCH3 is 1. The molecule has 0 aliphatic carbocycles. The van der Waals surface area contributed by atoms with Gasteiger partial charge in [-0.1, -0.05) is 0 Å². The normalized spacial score (nSPS) is 9.31. The van der Waals surface area contributed by atoms with Crippen molar-refractivity contribution in [3.63, 3.8) is 0 Å². The summed E-state index contributed by atoms with van der Waals surface area (Å²) in [5.41, 5.74) is -0.118. The molecule has 0 unspecified atom stereocenters. The Kier molecular flexibility index (Phi) is 3.72. The first kappa shape index (κ1) is 11.9. The van der Waals surface area contributed by atoms with Crippen molar-refractivity contribution in [1.82, 2.24) is 0 Å². The van der Waals surface area contributed by atoms with Crippen LogP contribution in [0.5, 0.6) is 11.5 Å². The van der Waals surface area contributed by atoms with Crippen molar-refractivity contribution in [1.29, 1.82) is 5.26 Å². The number of phenols is 1. The molecule has 0 spiro atoms. The molecule has 5 nitrogen and oxygen atoms in total. The first-order valence-electron chi connectivity index (χ1n) is 4.62. The van der Waals surface area contributed by atoms with Gasteiger partial charge >= 0.3 is 5.97 Å². The van der Waals surface area contributed by atoms with E-state index in [0.717, 1.165) is 0 Å². The van der Waals surface area contributed by atoms with Crippen LogP contribution in [0.25, 0.3) is 0 Å². The van der Waals surface area contributed by atoms with Crippen molar-refractivity contribution < 1.29 is 19.4 Å². The zero-order valence-corrected chi connectivity index (χ0v) is 8.98. The Morgan fingerprint density at radius 3 is 2.75 bits per heavy atom. The smallest absolute Gasteiger partial charge is 0.341 e. The van der Waals surface area contributed by atoms with Gasteiger partial charge in [-0.25, -0.2) is 4.79 Å². The maximum atomic E-state index is 11.4. The molecule has 1 aromatic carbocycles. The Morgan fingerprint density at radius 2 is 2.25 bits per heavy atom. The highest BCUT2D eigenvalue weighted by Crippen LogP contribution is 2.30. The van der Waals surface area contributed by atoms with Crippen LogP contribution in [0.3, 0.4) is 0 Å². The molecule has 1 N–H and O–H groups in total. The van der Waals surface area contributed by atoms with E-state index in [1.165, 1.54) is 19.2 Å². The molecule has 0 aromatic heterocycles. The second-order valence-electron chi connectivity index (χ2n) is 2.87. The van der Waals surface area contributed by atoms with E-state index >= 15 is 0 Å². The molecule has 0 saturated carbocycles. The van der Waals surface area contributed by atoms with Crippen LogP contribution >= 0.6 is 0 Å². The van der Waals surface area contributed by atoms with Crippen molar-refractivity contribution in [2.45, 2.75) is 6.92 Å². The average molecular weight is 221 g/mol. The Labute approximate surface area is 92.8 Å². The van der Waals surface area contributed by atoms with Crippen LogP contribution in [0.15, 0.2) is 12.1 Å². The van der Waals surface area contributed by atoms with Crippen molar-refractivity contribution >= 4 is 5.97 Å². The molecular weight excluding hydrogens is 210 g/mol. The van der Waals surface area contributed by atoms with Gasteiger partial charge in [-0.3, -0.25) is 0 Å². The molecule has 0 heterocycles. The molecule has 84 valence electrons. The fraction of sp³-hybridized carbons (Fsp3) is 0.273. The van der Waals surface area contributed by atoms with E-state index in [0.29, 0.717) is 0 Å². The van der Waals surface area contributed by atoms with Gasteiger partial charge in [-0.05, 0) is 19.1 Å². The highest BCUT2D eigenvalue weighted by Gasteiger charge is 2.18. The van der Waals surface area contributed by atoms with Crippen molar-refractivity contribution in [3.8, 4) is 17.6 Å². The average Bonchev–Trinajstić information content (AvgIpc) is 2.28. The first-order valence-corrected chi connectivity index (χ1v) is 4.62. The standard InChI is InChI=1S/C11H11NO4/c1-3-16-11(14)7-4-5-9(15-2)8(6-12)10(7)13/h4-5,13H,3H2,1-2H3. The minimum absolute atomic E-state index is 0.0424. The number of benzene rings is 1. The molecule has 16 heavy (non-hydrogen) atoms. The second kappa shape index (κ2) is 5.03. The number of phenolic OH excluding ortho intramolecular Hbond substituents is 1. The molecule has 0 amide bonds. The third-order valence-electron chi connectivity index (χ3n) is 1.97. The minimum Gasteiger partial charge on any atom is -0.506 e. The predicted octanol–water partition coefficient (Wildman–Crippen LogP) is 1.45. The zero-order valence-electron chi connectivity index (χ0n) is 8.98. The number of esters is 1. The summed E-state index contributed by atoms with van der Waals surface area (Å²) in [6, 6.07) is 4.56. The Balaban J connectivity index is 3.25. The van der Waals surface area contributed by atoms with Crippen LogP contribution in [0, 0.1) is 11.3 Å². The number of carbonyl (C=O) groups excluding carboxylic acids is 1. The molecule has 5 heteroatoms. The largest absolute Gasteiger partial charge is 0.506 e. The predicted molar refractivity (Wildman–Crippen MR) is 55.3 cm³/mol. The number of rotatable bonds is 3. The van der Waals surface area contributed by atoms with E-state index in [9.17, 15) is 9.90 Å². The summed E-state index contributed by atoms with van der Waals surface area (Å²) in [4.78, 5) is 11.4. The lowest BCUT2D eigenvalue weighted by Crippen LogP contribution is -2.06. The zero-order chi connectivity index (χ0) is 12.1. The number of ether oxygens (including phenoxy) is 2. The summed E-state index contributed by atoms with van der Waals surface area (Å²) in [5, 5.41) is 18.5. The summed E-state index contributed by atoms with van der Waals surface area (Å²) in [6.07, 6.45) is 0. The lowest BCUT2D eigenvalue weighted by molar-refractivity contribution is 0.0523. The maximum Gasteiger partial charge on any atom is 0.341 e. The highest BCUT2D eigenvalue weighted by molar-refractivity contribution is 5.93. The van der Waals surface area contributed by atoms with Crippen LogP contribution in [-0.4, -0.2) is 24.8 Å². The van der Waals surface area contributed by atoms with Gasteiger partial charge in [0.25, 0.3) is 0 Å². The Hall–Kier alpha value is -2.22. The lowest BCUT2D eigenvalue weighted by Gasteiger charge is -2.08. The third kappa shape index (κ3) is 2.06. The third-order valence-corrected chi connectivity index (χ3v) is 1.97. The summed E-state index contributed by atoms with van der Waals surface area (Å²) in [5.74, 6) is -0.868. The van der Waals surface area contributed by atoms with Gasteiger partial charge in [0.1, 0.15) is 22.9 Å². The van der Waals surface area contributed by atoms with Gasteiger partial charge in [0, 0.05) is 0 Å². The molecular formula is C11H11NO4. The van der Waals surface area contributed by atoms with Crippen molar-refractivity contribution in [2.24, 2.45) is 0 Å². The van der Waals surface area contributed by atoms with Crippen molar-refractivity contribution in [2.75, 3.05) is 13.7 Å². The van der Waals surface area contributed by atoms with Crippen LogP contribution in [0.4, 0.5) is 0 Å². The van der Waals surface area contributed by atoms with Gasteiger partial charge in [-0.15, -0.1) is 0 Å². The van der Waals surface area contributed by atoms with Crippen LogP contribution in [-0.2, 0) is 4.74 Å². The van der Waals surface area contributed by atoms with Gasteiger partial charge in [-0.2, -0.15) is 5.26 Å². The summed E-state index contributed by atoms with van der Waals surface area (Å²) >= 11 is 0. The maximum absolute atomic E-state index is 11.4. The highest BCUT2D eigenvalue weighted by atomic mass is 16.5. The number of carbonyl (C=O) groups is 1. The van der Waals surface area contributed by atoms with E-state index in [1.807, 2.05) is 0 Å². The second-order valence-corrected chi connectivity index (χ2v) is 2.87. The van der Waals surface area contributed by atoms with E-state index < -0.39 is 11.7 Å². The van der Waals surface area contributed by atoms with Crippen molar-refractivity contribution in [3.05, 3.63) is 23.3 Å². The number of aromatic hydroxyl groups is 1. The fourth-order valence-electron chi connectivity index (χ4n) is 1.22. The summed E-state index contributed by atoms with van der Waals surface area (Å²) in [6.45, 7) is 1.86. The first-order chi connectivity index (χ1) is 7.65. The Morgan fingerprint density at radius 1 is 1.56 bits per heavy atom. The minimum atomic E-state index is -0.667. The van der Waals surface area contributed by atoms with E-state index in [-0.39, 0.29) is 23.5 Å². The number of hydrogen-bond acceptors (Lipinski definition) is 5. The molecule has 1 aromatic rings. The monoisotopic (exact) mass is 221 g/mol. The molecule has 0 bridgehead atoms. The molecule has 0 saturated heterocycles. The van der Waals surface area contributed by atoms with E-state index in [2.05, 4.69) is 0 Å². The summed E-state index contributed by atoms with van der Waals surface area (Å²) in [7, 11) is 1.37. The summed E-state index contributed by atoms with van der Waals surface area (Å²) < 4.78 is 9.61. The number of hydrogen-bond donors (Lipinski definition) is 1. The number of nitriles is 1. The lowest BCUT2D eigenvalue weighted by atomic mass is 10.1. The van der Waals surface area contributed by atoms with Gasteiger partial charge in [0.15, 0.2) is 5.75 Å². The van der Waals surface area contributed by atoms with Gasteiger partial charge < -0.3 is 14.6 Å². The SMILES string of the molecule is CCOC(=O)c1ccc(OC)c(C#N)c1O. The Bertz CT molecular complexity index is 448. The molecule has 0 aliphatic rings. The van der Waals surface area contributed by atoms with E-state index in [1.54, 1.807) is 13.0 Å².